The maximum Gasteiger partial charge on any atom is 0.360 e. The van der Waals surface area contributed by atoms with Crippen LogP contribution in [-0.2, 0) is 4.74 Å². The largest absolute Gasteiger partial charge is 0.484 e. The second-order valence-corrected chi connectivity index (χ2v) is 9.79. The number of rotatable bonds is 7. The monoisotopic (exact) mass is 469 g/mol. The lowest BCUT2D eigenvalue weighted by atomic mass is 10.1. The van der Waals surface area contributed by atoms with Crippen molar-refractivity contribution in [2.45, 2.75) is 52.2 Å². The molecule has 9 heteroatoms. The van der Waals surface area contributed by atoms with Crippen molar-refractivity contribution in [1.29, 1.82) is 0 Å². The topological polar surface area (TPSA) is 91.3 Å². The summed E-state index contributed by atoms with van der Waals surface area (Å²) in [6.07, 6.45) is 4.48. The van der Waals surface area contributed by atoms with Crippen LogP contribution in [-0.4, -0.2) is 31.7 Å². The van der Waals surface area contributed by atoms with E-state index in [0.29, 0.717) is 22.7 Å². The molecule has 0 bridgehead atoms. The Hall–Kier alpha value is -3.20. The summed E-state index contributed by atoms with van der Waals surface area (Å²) in [6, 6.07) is 6.42. The number of esters is 1. The second-order valence-electron chi connectivity index (χ2n) is 8.95. The molecule has 0 N–H and O–H groups in total. The average molecular weight is 470 g/mol. The Morgan fingerprint density at radius 3 is 2.52 bits per heavy atom. The molecule has 7 nitrogen and oxygen atoms in total. The maximum atomic E-state index is 14.5. The van der Waals surface area contributed by atoms with Crippen molar-refractivity contribution < 1.29 is 23.5 Å². The van der Waals surface area contributed by atoms with E-state index in [1.165, 1.54) is 23.8 Å². The summed E-state index contributed by atoms with van der Waals surface area (Å²) in [5.74, 6) is -0.839. The zero-order chi connectivity index (χ0) is 23.8. The third-order valence-electron chi connectivity index (χ3n) is 4.91. The fourth-order valence-corrected chi connectivity index (χ4v) is 3.81. The maximum absolute atomic E-state index is 14.5. The molecule has 1 saturated carbocycles. The quantitative estimate of drug-likeness (QED) is 0.337. The van der Waals surface area contributed by atoms with E-state index in [2.05, 4.69) is 14.3 Å². The highest BCUT2D eigenvalue weighted by atomic mass is 32.1. The molecule has 172 valence electrons. The summed E-state index contributed by atoms with van der Waals surface area (Å²) in [5.41, 5.74) is 0.320. The summed E-state index contributed by atoms with van der Waals surface area (Å²) in [4.78, 5) is 33.2. The Kier molecular flexibility index (Phi) is 6.25. The van der Waals surface area contributed by atoms with Crippen LogP contribution in [0.4, 0.5) is 4.39 Å². The van der Waals surface area contributed by atoms with E-state index in [1.54, 1.807) is 45.2 Å². The van der Waals surface area contributed by atoms with Crippen molar-refractivity contribution in [3.63, 3.8) is 0 Å². The first-order chi connectivity index (χ1) is 15.6. The predicted octanol–water partition coefficient (Wildman–Crippen LogP) is 5.43. The van der Waals surface area contributed by atoms with Gasteiger partial charge >= 0.3 is 5.97 Å². The van der Waals surface area contributed by atoms with E-state index >= 15 is 0 Å². The smallest absolute Gasteiger partial charge is 0.360 e. The minimum Gasteiger partial charge on any atom is -0.484 e. The van der Waals surface area contributed by atoms with Gasteiger partial charge in [-0.25, -0.2) is 19.2 Å². The summed E-state index contributed by atoms with van der Waals surface area (Å²) >= 11 is 1.22. The van der Waals surface area contributed by atoms with Crippen LogP contribution in [0, 0.1) is 11.7 Å². The molecule has 1 fully saturated rings. The number of ether oxygens (including phenoxy) is 2. The summed E-state index contributed by atoms with van der Waals surface area (Å²) in [5, 5.41) is 0. The molecule has 0 amide bonds. The van der Waals surface area contributed by atoms with Crippen LogP contribution in [0.25, 0.3) is 11.3 Å². The molecule has 1 atom stereocenters. The molecule has 0 aliphatic heterocycles. The van der Waals surface area contributed by atoms with Gasteiger partial charge in [-0.3, -0.25) is 4.79 Å². The van der Waals surface area contributed by atoms with Gasteiger partial charge < -0.3 is 9.47 Å². The Labute approximate surface area is 195 Å². The Balaban J connectivity index is 1.43. The first-order valence-corrected chi connectivity index (χ1v) is 11.4. The highest BCUT2D eigenvalue weighted by Crippen LogP contribution is 2.33. The average Bonchev–Trinajstić information content (AvgIpc) is 3.48. The normalized spacial score (nSPS) is 14.6. The van der Waals surface area contributed by atoms with Gasteiger partial charge in [-0.05, 0) is 76.3 Å². The van der Waals surface area contributed by atoms with Crippen molar-refractivity contribution in [3.05, 3.63) is 58.7 Å². The van der Waals surface area contributed by atoms with E-state index in [4.69, 9.17) is 9.47 Å². The molecule has 1 aliphatic carbocycles. The molecule has 0 saturated heterocycles. The highest BCUT2D eigenvalue weighted by molar-refractivity contribution is 7.06. The fraction of sp³-hybridized carbons (Fsp3) is 0.375. The van der Waals surface area contributed by atoms with Crippen molar-refractivity contribution in [2.75, 3.05) is 0 Å². The number of hydrogen-bond donors (Lipinski definition) is 0. The molecule has 3 heterocycles. The van der Waals surface area contributed by atoms with Crippen LogP contribution >= 0.6 is 11.5 Å². The Morgan fingerprint density at radius 2 is 1.91 bits per heavy atom. The first kappa shape index (κ1) is 23.0. The van der Waals surface area contributed by atoms with E-state index in [-0.39, 0.29) is 23.5 Å². The molecule has 3 aromatic heterocycles. The minimum atomic E-state index is -0.814. The van der Waals surface area contributed by atoms with Crippen LogP contribution in [0.2, 0.25) is 0 Å². The number of ketones is 1. The van der Waals surface area contributed by atoms with Crippen molar-refractivity contribution in [1.82, 2.24) is 14.3 Å². The van der Waals surface area contributed by atoms with Crippen LogP contribution in [0.1, 0.15) is 72.5 Å². The van der Waals surface area contributed by atoms with E-state index in [1.807, 2.05) is 6.92 Å². The van der Waals surface area contributed by atoms with Crippen LogP contribution < -0.4 is 4.74 Å². The van der Waals surface area contributed by atoms with Gasteiger partial charge in [0.15, 0.2) is 17.3 Å². The molecule has 0 unspecified atom stereocenters. The minimum absolute atomic E-state index is 0.0835. The van der Waals surface area contributed by atoms with Crippen molar-refractivity contribution in [3.8, 4) is 17.0 Å². The molecule has 1 aliphatic rings. The van der Waals surface area contributed by atoms with Gasteiger partial charge in [0.05, 0.1) is 16.8 Å². The number of Topliss-reactive ketones (excluding diaryl/α,β-unsaturated/α-hetero) is 1. The van der Waals surface area contributed by atoms with Crippen LogP contribution in [0.15, 0.2) is 36.7 Å². The zero-order valence-corrected chi connectivity index (χ0v) is 19.6. The second kappa shape index (κ2) is 8.97. The molecule has 0 radical (unpaired) electrons. The summed E-state index contributed by atoms with van der Waals surface area (Å²) < 4.78 is 30.0. The molecular formula is C24H24FN3O4S. The van der Waals surface area contributed by atoms with Gasteiger partial charge in [0, 0.05) is 17.7 Å². The Morgan fingerprint density at radius 1 is 1.15 bits per heavy atom. The van der Waals surface area contributed by atoms with Gasteiger partial charge in [0.25, 0.3) is 0 Å². The van der Waals surface area contributed by atoms with Gasteiger partial charge in [-0.1, -0.05) is 0 Å². The van der Waals surface area contributed by atoms with Gasteiger partial charge in [-0.15, -0.1) is 0 Å². The Bertz CT molecular complexity index is 1180. The molecular weight excluding hydrogens is 445 g/mol. The van der Waals surface area contributed by atoms with E-state index in [0.717, 1.165) is 17.7 Å². The summed E-state index contributed by atoms with van der Waals surface area (Å²) in [7, 11) is 0. The highest BCUT2D eigenvalue weighted by Gasteiger charge is 2.31. The molecule has 0 spiro atoms. The third kappa shape index (κ3) is 5.60. The number of aromatic nitrogens is 3. The van der Waals surface area contributed by atoms with E-state index < -0.39 is 17.4 Å². The van der Waals surface area contributed by atoms with Gasteiger partial charge in [0.2, 0.25) is 0 Å². The molecule has 33 heavy (non-hydrogen) atoms. The fourth-order valence-electron chi connectivity index (χ4n) is 3.08. The number of carbonyl (C=O) groups excluding carboxylic acids is 2. The van der Waals surface area contributed by atoms with Crippen LogP contribution in [0.3, 0.4) is 0 Å². The van der Waals surface area contributed by atoms with Crippen LogP contribution in [0.5, 0.6) is 5.75 Å². The standard InChI is InChI=1S/C24H24FN3O4S/c1-13(31-16-7-8-18(26-12-16)22(29)14-5-6-14)20-10-19(28-33-20)15-9-17(25)21(27-11-15)23(30)32-24(2,3)4/h7-14H,5-6H2,1-4H3/t13-/m1/s1. The number of halogens is 1. The molecule has 0 aromatic carbocycles. The summed E-state index contributed by atoms with van der Waals surface area (Å²) in [6.45, 7) is 6.98. The van der Waals surface area contributed by atoms with Gasteiger partial charge in [-0.2, -0.15) is 4.37 Å². The predicted molar refractivity (Wildman–Crippen MR) is 121 cm³/mol. The van der Waals surface area contributed by atoms with Gasteiger partial charge in [0.1, 0.15) is 23.1 Å². The molecule has 4 rings (SSSR count). The third-order valence-corrected chi connectivity index (χ3v) is 5.86. The zero-order valence-electron chi connectivity index (χ0n) is 18.8. The number of carbonyl (C=O) groups is 2. The lowest BCUT2D eigenvalue weighted by Crippen LogP contribution is -2.25. The molecule has 3 aromatic rings. The SMILES string of the molecule is C[C@@H](Oc1ccc(C(=O)C2CC2)nc1)c1cc(-c2cnc(C(=O)OC(C)(C)C)c(F)c2)ns1. The lowest BCUT2D eigenvalue weighted by molar-refractivity contribution is 0.00575. The van der Waals surface area contributed by atoms with Crippen molar-refractivity contribution in [2.24, 2.45) is 5.92 Å². The number of hydrogen-bond acceptors (Lipinski definition) is 8. The van der Waals surface area contributed by atoms with Crippen molar-refractivity contribution >= 4 is 23.3 Å². The number of pyridine rings is 2. The lowest BCUT2D eigenvalue weighted by Gasteiger charge is -2.19. The first-order valence-electron chi connectivity index (χ1n) is 10.6. The number of nitrogens with zero attached hydrogens (tertiary/aromatic N) is 3. The van der Waals surface area contributed by atoms with E-state index in [9.17, 15) is 14.0 Å².